The summed E-state index contributed by atoms with van der Waals surface area (Å²) in [6, 6.07) is 7.14. The molecule has 202 valence electrons. The number of hydrogen-bond donors (Lipinski definition) is 0. The predicted molar refractivity (Wildman–Crippen MR) is 150 cm³/mol. The second-order valence-corrected chi connectivity index (χ2v) is 13.2. The van der Waals surface area contributed by atoms with Crippen molar-refractivity contribution in [3.05, 3.63) is 56.7 Å². The van der Waals surface area contributed by atoms with Gasteiger partial charge in [-0.15, -0.1) is 0 Å². The molecule has 7 heteroatoms. The number of hydrogen-bond acceptors (Lipinski definition) is 6. The third kappa shape index (κ3) is 4.20. The first kappa shape index (κ1) is 27.3. The number of fused-ring (bicyclic) bond motifs is 5. The first-order valence-electron chi connectivity index (χ1n) is 13.5. The van der Waals surface area contributed by atoms with Gasteiger partial charge in [0.05, 0.1) is 5.56 Å². The van der Waals surface area contributed by atoms with Gasteiger partial charge in [0.1, 0.15) is 0 Å². The van der Waals surface area contributed by atoms with Crippen LogP contribution in [0.1, 0.15) is 76.6 Å². The van der Waals surface area contributed by atoms with Crippen LogP contribution in [0, 0.1) is 32.2 Å². The van der Waals surface area contributed by atoms with E-state index in [0.29, 0.717) is 24.8 Å². The van der Waals surface area contributed by atoms with E-state index in [2.05, 4.69) is 49.4 Å². The van der Waals surface area contributed by atoms with E-state index >= 15 is 0 Å². The molecule has 0 unspecified atom stereocenters. The Morgan fingerprint density at radius 1 is 1.13 bits per heavy atom. The van der Waals surface area contributed by atoms with Crippen LogP contribution in [-0.4, -0.2) is 35.7 Å². The van der Waals surface area contributed by atoms with Gasteiger partial charge in [0.25, 0.3) is 0 Å². The van der Waals surface area contributed by atoms with E-state index in [4.69, 9.17) is 9.47 Å². The quantitative estimate of drug-likeness (QED) is 0.225. The molecule has 0 radical (unpaired) electrons. The number of ether oxygens (including phenoxy) is 2. The number of carbonyl (C=O) groups is 4. The Kier molecular flexibility index (Phi) is 6.98. The van der Waals surface area contributed by atoms with Crippen molar-refractivity contribution in [3.63, 3.8) is 0 Å². The summed E-state index contributed by atoms with van der Waals surface area (Å²) < 4.78 is 12.3. The van der Waals surface area contributed by atoms with Crippen molar-refractivity contribution in [2.75, 3.05) is 6.61 Å². The lowest BCUT2D eigenvalue weighted by Gasteiger charge is -2.56. The molecule has 1 aromatic carbocycles. The van der Waals surface area contributed by atoms with Crippen LogP contribution < -0.4 is 0 Å². The maximum Gasteiger partial charge on any atom is 0.339 e. The Labute approximate surface area is 237 Å². The van der Waals surface area contributed by atoms with E-state index in [1.54, 1.807) is 18.2 Å². The van der Waals surface area contributed by atoms with Gasteiger partial charge in [0, 0.05) is 27.7 Å². The summed E-state index contributed by atoms with van der Waals surface area (Å²) >= 11 is 2.15. The highest BCUT2D eigenvalue weighted by Crippen LogP contribution is 2.67. The third-order valence-electron chi connectivity index (χ3n) is 9.96. The summed E-state index contributed by atoms with van der Waals surface area (Å²) in [5, 5.41) is 0. The molecule has 4 aliphatic carbocycles. The Morgan fingerprint density at radius 2 is 1.89 bits per heavy atom. The van der Waals surface area contributed by atoms with Crippen molar-refractivity contribution >= 4 is 46.1 Å². The number of esters is 2. The fraction of sp³-hybridized carbons (Fsp3) is 0.548. The summed E-state index contributed by atoms with van der Waals surface area (Å²) in [6.45, 7) is 7.41. The second-order valence-electron chi connectivity index (χ2n) is 12.0. The zero-order chi connectivity index (χ0) is 27.5. The largest absolute Gasteiger partial charge is 0.458 e. The Balaban J connectivity index is 1.56. The average molecular weight is 631 g/mol. The predicted octanol–water partition coefficient (Wildman–Crippen LogP) is 6.02. The molecule has 4 aliphatic rings. The van der Waals surface area contributed by atoms with Crippen molar-refractivity contribution < 1.29 is 28.7 Å². The molecule has 6 atom stereocenters. The molecule has 0 aromatic heterocycles. The number of allylic oxidation sites excluding steroid dienone is 4. The highest BCUT2D eigenvalue weighted by atomic mass is 127. The third-order valence-corrected chi connectivity index (χ3v) is 10.6. The van der Waals surface area contributed by atoms with Crippen molar-refractivity contribution in [2.45, 2.75) is 71.8 Å². The van der Waals surface area contributed by atoms with Crippen molar-refractivity contribution in [1.29, 1.82) is 0 Å². The lowest BCUT2D eigenvalue weighted by molar-refractivity contribution is -0.163. The van der Waals surface area contributed by atoms with E-state index in [1.807, 2.05) is 12.1 Å². The number of ketones is 2. The van der Waals surface area contributed by atoms with Crippen LogP contribution in [0.2, 0.25) is 0 Å². The lowest BCUT2D eigenvalue weighted by atomic mass is 9.48. The van der Waals surface area contributed by atoms with Crippen LogP contribution in [0.4, 0.5) is 0 Å². The second kappa shape index (κ2) is 9.72. The number of halogens is 1. The van der Waals surface area contributed by atoms with Gasteiger partial charge in [-0.3, -0.25) is 14.4 Å². The fourth-order valence-electron chi connectivity index (χ4n) is 8.07. The topological polar surface area (TPSA) is 86.7 Å². The van der Waals surface area contributed by atoms with Crippen LogP contribution in [0.15, 0.2) is 47.6 Å². The summed E-state index contributed by atoms with van der Waals surface area (Å²) in [4.78, 5) is 51.3. The molecule has 38 heavy (non-hydrogen) atoms. The summed E-state index contributed by atoms with van der Waals surface area (Å²) in [5.74, 6) is -0.589. The molecule has 0 aliphatic heterocycles. The minimum atomic E-state index is -1.39. The van der Waals surface area contributed by atoms with Crippen LogP contribution in [0.5, 0.6) is 0 Å². The normalized spacial score (nSPS) is 35.7. The number of benzene rings is 1. The smallest absolute Gasteiger partial charge is 0.339 e. The van der Waals surface area contributed by atoms with Crippen LogP contribution >= 0.6 is 22.6 Å². The molecule has 2 fully saturated rings. The van der Waals surface area contributed by atoms with Gasteiger partial charge in [0.15, 0.2) is 18.0 Å². The zero-order valence-electron chi connectivity index (χ0n) is 22.5. The lowest BCUT2D eigenvalue weighted by Crippen LogP contribution is -2.58. The SMILES string of the molecule is CC(=O)OCC(=O)[C@@]1(OC(=O)c2cccc(I)c2)CC[C@H]2[C@@H]3C[C@H](C)C4=CC(=O)CC[C@@]4(C)C3=CC[C@@]21C. The molecular weight excluding hydrogens is 595 g/mol. The van der Waals surface area contributed by atoms with Gasteiger partial charge < -0.3 is 9.47 Å². The highest BCUT2D eigenvalue weighted by molar-refractivity contribution is 14.1. The number of Topliss-reactive ketones (excluding diaryl/α,β-unsaturated/α-hetero) is 1. The standard InChI is InChI=1S/C31H35IO6/c1-18-14-23-24(29(3)11-8-22(34)16-26(18)29)9-12-30(4)25(23)10-13-31(30,27(35)17-37-19(2)33)38-28(36)20-6-5-7-21(32)15-20/h5-7,9,15-16,18,23,25H,8,10-14,17H2,1-4H3/t18-,23+,25-,29-,30-,31-/m0/s1. The minimum absolute atomic E-state index is 0.131. The van der Waals surface area contributed by atoms with Crippen molar-refractivity contribution in [2.24, 2.45) is 28.6 Å². The Hall–Kier alpha value is -2.29. The minimum Gasteiger partial charge on any atom is -0.458 e. The molecule has 0 N–H and O–H groups in total. The molecule has 2 saturated carbocycles. The molecule has 0 amide bonds. The fourth-order valence-corrected chi connectivity index (χ4v) is 8.61. The maximum atomic E-state index is 13.9. The Morgan fingerprint density at radius 3 is 2.61 bits per heavy atom. The van der Waals surface area contributed by atoms with Gasteiger partial charge in [-0.1, -0.05) is 44.1 Å². The maximum absolute atomic E-state index is 13.9. The summed E-state index contributed by atoms with van der Waals surface area (Å²) in [6.07, 6.45) is 8.14. The zero-order valence-corrected chi connectivity index (χ0v) is 24.6. The molecule has 5 rings (SSSR count). The summed E-state index contributed by atoms with van der Waals surface area (Å²) in [7, 11) is 0. The Bertz CT molecular complexity index is 1280. The van der Waals surface area contributed by atoms with E-state index in [0.717, 1.165) is 22.8 Å². The van der Waals surface area contributed by atoms with Crippen LogP contribution in [0.25, 0.3) is 0 Å². The molecular formula is C31H35IO6. The number of carbonyl (C=O) groups excluding carboxylic acids is 4. The van der Waals surface area contributed by atoms with Gasteiger partial charge in [-0.25, -0.2) is 4.79 Å². The molecule has 0 heterocycles. The summed E-state index contributed by atoms with van der Waals surface area (Å²) in [5.41, 5.74) is 0.830. The molecule has 6 nitrogen and oxygen atoms in total. The van der Waals surface area contributed by atoms with E-state index in [-0.39, 0.29) is 34.7 Å². The molecule has 0 bridgehead atoms. The number of rotatable bonds is 5. The van der Waals surface area contributed by atoms with Gasteiger partial charge in [-0.05, 0) is 96.7 Å². The molecule has 0 saturated heterocycles. The van der Waals surface area contributed by atoms with E-state index in [9.17, 15) is 19.2 Å². The van der Waals surface area contributed by atoms with Gasteiger partial charge in [0.2, 0.25) is 5.78 Å². The van der Waals surface area contributed by atoms with E-state index < -0.39 is 29.6 Å². The van der Waals surface area contributed by atoms with Crippen LogP contribution in [0.3, 0.4) is 0 Å². The average Bonchev–Trinajstić information content (AvgIpc) is 3.16. The van der Waals surface area contributed by atoms with Gasteiger partial charge in [-0.2, -0.15) is 0 Å². The van der Waals surface area contributed by atoms with Crippen molar-refractivity contribution in [3.8, 4) is 0 Å². The first-order valence-corrected chi connectivity index (χ1v) is 14.6. The van der Waals surface area contributed by atoms with E-state index in [1.165, 1.54) is 18.1 Å². The van der Waals surface area contributed by atoms with Crippen LogP contribution in [-0.2, 0) is 23.9 Å². The van der Waals surface area contributed by atoms with Gasteiger partial charge >= 0.3 is 11.9 Å². The molecule has 0 spiro atoms. The first-order chi connectivity index (χ1) is 17.9. The van der Waals surface area contributed by atoms with Crippen molar-refractivity contribution in [1.82, 2.24) is 0 Å². The monoisotopic (exact) mass is 630 g/mol. The molecule has 1 aromatic rings. The highest BCUT2D eigenvalue weighted by Gasteiger charge is 2.67.